The van der Waals surface area contributed by atoms with E-state index in [0.717, 1.165) is 65.5 Å². The summed E-state index contributed by atoms with van der Waals surface area (Å²) in [5, 5.41) is 8.66. The van der Waals surface area contributed by atoms with E-state index in [4.69, 9.17) is 19.3 Å². The van der Waals surface area contributed by atoms with E-state index in [1.165, 1.54) is 5.56 Å². The van der Waals surface area contributed by atoms with Gasteiger partial charge in [-0.15, -0.1) is 0 Å². The number of morpholine rings is 1. The van der Waals surface area contributed by atoms with Crippen LogP contribution in [0.5, 0.6) is 5.75 Å². The maximum atomic E-state index is 10.6. The molecule has 144 valence electrons. The van der Waals surface area contributed by atoms with Gasteiger partial charge in [0.25, 0.3) is 0 Å². The average molecular weight is 364 g/mol. The minimum atomic E-state index is -0.968. The maximum Gasteiger partial charge on any atom is 0.341 e. The van der Waals surface area contributed by atoms with Crippen molar-refractivity contribution in [1.29, 1.82) is 0 Å². The first-order valence-electron chi connectivity index (χ1n) is 9.26. The minimum absolute atomic E-state index is 0.230. The maximum absolute atomic E-state index is 10.6. The van der Waals surface area contributed by atoms with E-state index in [-0.39, 0.29) is 12.7 Å². The van der Waals surface area contributed by atoms with Crippen LogP contribution < -0.4 is 4.74 Å². The van der Waals surface area contributed by atoms with Crippen LogP contribution in [0, 0.1) is 0 Å². The molecule has 0 unspecified atom stereocenters. The molecule has 1 aromatic rings. The molecule has 1 N–H and O–H groups in total. The van der Waals surface area contributed by atoms with Gasteiger partial charge in [0.2, 0.25) is 0 Å². The zero-order chi connectivity index (χ0) is 18.2. The molecule has 2 aliphatic rings. The van der Waals surface area contributed by atoms with E-state index in [1.54, 1.807) is 0 Å². The second-order valence-corrected chi connectivity index (χ2v) is 6.82. The van der Waals surface area contributed by atoms with Crippen LogP contribution in [0.25, 0.3) is 0 Å². The lowest BCUT2D eigenvalue weighted by atomic mass is 10.2. The summed E-state index contributed by atoms with van der Waals surface area (Å²) in [7, 11) is 0. The van der Waals surface area contributed by atoms with Crippen LogP contribution in [-0.4, -0.2) is 86.1 Å². The molecule has 0 aromatic heterocycles. The van der Waals surface area contributed by atoms with E-state index in [0.29, 0.717) is 5.75 Å². The standard InChI is InChI=1S/C19H28N2O5/c22-19(23)15-26-17-4-2-16(3-5-17)12-21-6-1-9-25-18(14-21)13-20-7-10-24-11-8-20/h2-5,18H,1,6-15H2,(H,22,23)/t18-/m0/s1. The van der Waals surface area contributed by atoms with Crippen molar-refractivity contribution in [2.24, 2.45) is 0 Å². The molecular weight excluding hydrogens is 336 g/mol. The largest absolute Gasteiger partial charge is 0.482 e. The molecule has 0 amide bonds. The lowest BCUT2D eigenvalue weighted by Crippen LogP contribution is -2.44. The summed E-state index contributed by atoms with van der Waals surface area (Å²) in [6.45, 7) is 7.86. The van der Waals surface area contributed by atoms with Crippen LogP contribution in [-0.2, 0) is 20.8 Å². The van der Waals surface area contributed by atoms with Gasteiger partial charge >= 0.3 is 5.97 Å². The van der Waals surface area contributed by atoms with Gasteiger partial charge in [0.1, 0.15) is 5.75 Å². The third-order valence-corrected chi connectivity index (χ3v) is 4.69. The topological polar surface area (TPSA) is 71.5 Å². The molecule has 0 bridgehead atoms. The highest BCUT2D eigenvalue weighted by atomic mass is 16.5. The highest BCUT2D eigenvalue weighted by Gasteiger charge is 2.22. The summed E-state index contributed by atoms with van der Waals surface area (Å²) in [4.78, 5) is 15.4. The minimum Gasteiger partial charge on any atom is -0.482 e. The highest BCUT2D eigenvalue weighted by molar-refractivity contribution is 5.68. The molecule has 26 heavy (non-hydrogen) atoms. The fraction of sp³-hybridized carbons (Fsp3) is 0.632. The Balaban J connectivity index is 1.50. The van der Waals surface area contributed by atoms with Crippen LogP contribution in [0.4, 0.5) is 0 Å². The van der Waals surface area contributed by atoms with Crippen molar-refractivity contribution in [3.8, 4) is 5.75 Å². The fourth-order valence-electron chi connectivity index (χ4n) is 3.39. The van der Waals surface area contributed by atoms with Crippen LogP contribution in [0.3, 0.4) is 0 Å². The van der Waals surface area contributed by atoms with Gasteiger partial charge in [-0.1, -0.05) is 12.1 Å². The number of nitrogens with zero attached hydrogens (tertiary/aromatic N) is 2. The normalized spacial score (nSPS) is 22.7. The zero-order valence-electron chi connectivity index (χ0n) is 15.1. The average Bonchev–Trinajstić information content (AvgIpc) is 2.87. The molecule has 0 radical (unpaired) electrons. The Morgan fingerprint density at radius 3 is 2.62 bits per heavy atom. The first kappa shape index (κ1) is 19.1. The van der Waals surface area contributed by atoms with Gasteiger partial charge in [0, 0.05) is 45.9 Å². The molecule has 0 spiro atoms. The number of carbonyl (C=O) groups is 1. The van der Waals surface area contributed by atoms with Crippen molar-refractivity contribution in [3.05, 3.63) is 29.8 Å². The van der Waals surface area contributed by atoms with Crippen molar-refractivity contribution < 1.29 is 24.1 Å². The van der Waals surface area contributed by atoms with Gasteiger partial charge in [-0.05, 0) is 24.1 Å². The second-order valence-electron chi connectivity index (χ2n) is 6.82. The third kappa shape index (κ3) is 6.25. The smallest absolute Gasteiger partial charge is 0.341 e. The SMILES string of the molecule is O=C(O)COc1ccc(CN2CCCO[C@@H](CN3CCOCC3)C2)cc1. The molecule has 7 nitrogen and oxygen atoms in total. The monoisotopic (exact) mass is 364 g/mol. The van der Waals surface area contributed by atoms with Crippen molar-refractivity contribution in [2.75, 3.05) is 59.2 Å². The molecule has 7 heteroatoms. The number of carboxylic acid groups (broad SMARTS) is 1. The van der Waals surface area contributed by atoms with Gasteiger partial charge in [-0.25, -0.2) is 4.79 Å². The quantitative estimate of drug-likeness (QED) is 0.776. The molecule has 2 saturated heterocycles. The lowest BCUT2D eigenvalue weighted by Gasteiger charge is -2.31. The number of ether oxygens (including phenoxy) is 3. The fourth-order valence-corrected chi connectivity index (χ4v) is 3.39. The summed E-state index contributed by atoms with van der Waals surface area (Å²) < 4.78 is 16.7. The van der Waals surface area contributed by atoms with Gasteiger partial charge in [-0.3, -0.25) is 9.80 Å². The Morgan fingerprint density at radius 1 is 1.12 bits per heavy atom. The lowest BCUT2D eigenvalue weighted by molar-refractivity contribution is -0.139. The number of hydrogen-bond donors (Lipinski definition) is 1. The van der Waals surface area contributed by atoms with E-state index < -0.39 is 5.97 Å². The van der Waals surface area contributed by atoms with Gasteiger partial charge in [-0.2, -0.15) is 0 Å². The predicted octanol–water partition coefficient (Wildman–Crippen LogP) is 1.07. The Morgan fingerprint density at radius 2 is 1.88 bits per heavy atom. The Kier molecular flexibility index (Phi) is 7.25. The van der Waals surface area contributed by atoms with Crippen LogP contribution >= 0.6 is 0 Å². The van der Waals surface area contributed by atoms with Crippen molar-refractivity contribution in [3.63, 3.8) is 0 Å². The Bertz CT molecular complexity index is 560. The van der Waals surface area contributed by atoms with Crippen LogP contribution in [0.2, 0.25) is 0 Å². The highest BCUT2D eigenvalue weighted by Crippen LogP contribution is 2.16. The molecule has 0 aliphatic carbocycles. The summed E-state index contributed by atoms with van der Waals surface area (Å²) in [5.41, 5.74) is 1.19. The number of hydrogen-bond acceptors (Lipinski definition) is 6. The second kappa shape index (κ2) is 9.87. The molecule has 2 heterocycles. The van der Waals surface area contributed by atoms with Crippen molar-refractivity contribution in [1.82, 2.24) is 9.80 Å². The molecule has 2 aliphatic heterocycles. The molecule has 1 atom stereocenters. The van der Waals surface area contributed by atoms with E-state index >= 15 is 0 Å². The molecule has 3 rings (SSSR count). The summed E-state index contributed by atoms with van der Waals surface area (Å²) in [5.74, 6) is -0.384. The zero-order valence-corrected chi connectivity index (χ0v) is 15.1. The van der Waals surface area contributed by atoms with Gasteiger partial charge in [0.15, 0.2) is 6.61 Å². The van der Waals surface area contributed by atoms with Crippen molar-refractivity contribution in [2.45, 2.75) is 19.1 Å². The Hall–Kier alpha value is -1.67. The van der Waals surface area contributed by atoms with E-state index in [2.05, 4.69) is 9.80 Å². The van der Waals surface area contributed by atoms with Gasteiger partial charge in [0.05, 0.1) is 19.3 Å². The third-order valence-electron chi connectivity index (χ3n) is 4.69. The summed E-state index contributed by atoms with van der Waals surface area (Å²) in [6.07, 6.45) is 1.27. The number of carboxylic acids is 1. The Labute approximate surface area is 154 Å². The van der Waals surface area contributed by atoms with E-state index in [9.17, 15) is 4.79 Å². The summed E-state index contributed by atoms with van der Waals surface area (Å²) in [6, 6.07) is 7.66. The molecule has 0 saturated carbocycles. The van der Waals surface area contributed by atoms with Crippen LogP contribution in [0.15, 0.2) is 24.3 Å². The van der Waals surface area contributed by atoms with Gasteiger partial charge < -0.3 is 19.3 Å². The number of rotatable bonds is 7. The number of benzene rings is 1. The summed E-state index contributed by atoms with van der Waals surface area (Å²) >= 11 is 0. The molecular formula is C19H28N2O5. The number of aliphatic carboxylic acids is 1. The van der Waals surface area contributed by atoms with E-state index in [1.807, 2.05) is 24.3 Å². The predicted molar refractivity (Wildman–Crippen MR) is 96.5 cm³/mol. The van der Waals surface area contributed by atoms with Crippen molar-refractivity contribution >= 4 is 5.97 Å². The first-order chi connectivity index (χ1) is 12.7. The first-order valence-corrected chi connectivity index (χ1v) is 9.26. The molecule has 1 aromatic carbocycles. The molecule has 2 fully saturated rings. The van der Waals surface area contributed by atoms with Crippen LogP contribution in [0.1, 0.15) is 12.0 Å².